The molecule has 0 aliphatic heterocycles. The second kappa shape index (κ2) is 11.7. The van der Waals surface area contributed by atoms with Crippen LogP contribution in [-0.4, -0.2) is 48.9 Å². The lowest BCUT2D eigenvalue weighted by Crippen LogP contribution is -2.28. The number of imidazole rings is 1. The Morgan fingerprint density at radius 3 is 2.62 bits per heavy atom. The zero-order valence-electron chi connectivity index (χ0n) is 23.8. The van der Waals surface area contributed by atoms with Crippen LogP contribution in [0.1, 0.15) is 66.3 Å². The van der Waals surface area contributed by atoms with Crippen LogP contribution in [0.5, 0.6) is 0 Å². The van der Waals surface area contributed by atoms with Crippen molar-refractivity contribution in [3.8, 4) is 21.6 Å². The van der Waals surface area contributed by atoms with Crippen LogP contribution < -0.4 is 5.32 Å². The summed E-state index contributed by atoms with van der Waals surface area (Å²) in [6.07, 6.45) is 12.6. The molecule has 1 aliphatic rings. The third kappa shape index (κ3) is 5.49. The van der Waals surface area contributed by atoms with Crippen molar-refractivity contribution in [3.05, 3.63) is 77.2 Å². The molecule has 0 saturated heterocycles. The number of rotatable bonds is 9. The van der Waals surface area contributed by atoms with E-state index in [-0.39, 0.29) is 17.6 Å². The van der Waals surface area contributed by atoms with Crippen LogP contribution in [0.3, 0.4) is 0 Å². The molecular formula is C32H31N7O2S. The maximum absolute atomic E-state index is 12.5. The van der Waals surface area contributed by atoms with Crippen LogP contribution >= 0.6 is 11.3 Å². The number of anilines is 1. The van der Waals surface area contributed by atoms with Gasteiger partial charge in [0.2, 0.25) is 5.91 Å². The number of carbonyl (C=O) groups excluding carboxylic acids is 2. The van der Waals surface area contributed by atoms with E-state index < -0.39 is 0 Å². The Bertz CT molecular complexity index is 1830. The minimum absolute atomic E-state index is 0.0347. The Hall–Kier alpha value is -4.57. The quantitative estimate of drug-likeness (QED) is 0.149. The standard InChI is InChI=1S/C32H31N7O2S/c1-4-10-35-30(31-38-26-17-34-16-25(29(26)39-31)28-9-8-27(42-28)19(3)40)24-12-22(14-36-18(24)2)21-11-23(15-33-13-21)37-32(41)20-6-5-7-20/h8-9,11-17,20H,4-7,10H2,1-3H3,(H,37,41)(H,38,39). The van der Waals surface area contributed by atoms with Crippen LogP contribution in [0, 0.1) is 12.8 Å². The number of aliphatic imine (C=N–C) groups is 1. The van der Waals surface area contributed by atoms with Crippen LogP contribution in [0.2, 0.25) is 0 Å². The average molecular weight is 578 g/mol. The van der Waals surface area contributed by atoms with Crippen molar-refractivity contribution in [1.29, 1.82) is 0 Å². The number of aromatic amines is 1. The SMILES string of the molecule is CCCN=C(c1nc2c(-c3ccc(C(C)=O)s3)cncc2[nH]1)c1cc(-c2cncc(NC(=O)C3CCC3)c2)cnc1C. The monoisotopic (exact) mass is 577 g/mol. The van der Waals surface area contributed by atoms with Crippen LogP contribution in [-0.2, 0) is 4.79 Å². The lowest BCUT2D eigenvalue weighted by Gasteiger charge is -2.24. The second-order valence-electron chi connectivity index (χ2n) is 10.6. The van der Waals surface area contributed by atoms with Gasteiger partial charge in [-0.25, -0.2) is 4.98 Å². The van der Waals surface area contributed by atoms with Crippen molar-refractivity contribution in [2.45, 2.75) is 46.5 Å². The molecule has 5 aromatic heterocycles. The predicted octanol–water partition coefficient (Wildman–Crippen LogP) is 6.64. The number of nitrogens with zero attached hydrogens (tertiary/aromatic N) is 5. The number of nitrogens with one attached hydrogen (secondary N) is 2. The highest BCUT2D eigenvalue weighted by Gasteiger charge is 2.25. The lowest BCUT2D eigenvalue weighted by atomic mass is 9.85. The van der Waals surface area contributed by atoms with Crippen molar-refractivity contribution in [1.82, 2.24) is 24.9 Å². The molecule has 42 heavy (non-hydrogen) atoms. The van der Waals surface area contributed by atoms with Gasteiger partial charge in [0, 0.05) is 63.9 Å². The van der Waals surface area contributed by atoms with Gasteiger partial charge in [0.1, 0.15) is 11.2 Å². The molecule has 1 aliphatic carbocycles. The summed E-state index contributed by atoms with van der Waals surface area (Å²) in [7, 11) is 0. The molecule has 2 N–H and O–H groups in total. The van der Waals surface area contributed by atoms with Crippen molar-refractivity contribution < 1.29 is 9.59 Å². The Morgan fingerprint density at radius 1 is 1.07 bits per heavy atom. The molecule has 9 nitrogen and oxygen atoms in total. The van der Waals surface area contributed by atoms with Gasteiger partial charge in [0.15, 0.2) is 11.6 Å². The Kier molecular flexibility index (Phi) is 7.71. The van der Waals surface area contributed by atoms with E-state index in [0.717, 1.165) is 69.5 Å². The highest BCUT2D eigenvalue weighted by Crippen LogP contribution is 2.33. The van der Waals surface area contributed by atoms with Gasteiger partial charge in [-0.3, -0.25) is 29.5 Å². The smallest absolute Gasteiger partial charge is 0.227 e. The third-order valence-corrected chi connectivity index (χ3v) is 8.71. The first-order valence-corrected chi connectivity index (χ1v) is 15.0. The maximum atomic E-state index is 12.5. The normalized spacial score (nSPS) is 13.7. The molecule has 212 valence electrons. The number of aryl methyl sites for hydroxylation is 1. The summed E-state index contributed by atoms with van der Waals surface area (Å²) in [4.78, 5) is 52.9. The molecule has 0 atom stereocenters. The Labute approximate surface area is 247 Å². The molecule has 10 heteroatoms. The number of carbonyl (C=O) groups is 2. The fourth-order valence-electron chi connectivity index (χ4n) is 4.92. The summed E-state index contributed by atoms with van der Waals surface area (Å²) in [5.41, 5.74) is 7.17. The number of ketones is 1. The highest BCUT2D eigenvalue weighted by atomic mass is 32.1. The number of fused-ring (bicyclic) bond motifs is 1. The van der Waals surface area contributed by atoms with Gasteiger partial charge in [0.05, 0.1) is 28.5 Å². The number of amides is 1. The van der Waals surface area contributed by atoms with Crippen LogP contribution in [0.15, 0.2) is 60.2 Å². The summed E-state index contributed by atoms with van der Waals surface area (Å²) in [6.45, 7) is 6.23. The molecule has 0 aromatic carbocycles. The number of pyridine rings is 3. The number of hydrogen-bond donors (Lipinski definition) is 2. The first-order chi connectivity index (χ1) is 20.4. The number of thiophene rings is 1. The molecule has 0 unspecified atom stereocenters. The summed E-state index contributed by atoms with van der Waals surface area (Å²) >= 11 is 1.43. The summed E-state index contributed by atoms with van der Waals surface area (Å²) < 4.78 is 0. The van der Waals surface area contributed by atoms with E-state index in [1.54, 1.807) is 31.7 Å². The van der Waals surface area contributed by atoms with Crippen LogP contribution in [0.25, 0.3) is 32.6 Å². The molecule has 5 aromatic rings. The molecule has 1 fully saturated rings. The summed E-state index contributed by atoms with van der Waals surface area (Å²) in [5.74, 6) is 0.801. The first kappa shape index (κ1) is 27.6. The van der Waals surface area contributed by atoms with E-state index in [4.69, 9.17) is 15.0 Å². The fourth-order valence-corrected chi connectivity index (χ4v) is 5.83. The van der Waals surface area contributed by atoms with Gasteiger partial charge in [-0.2, -0.15) is 0 Å². The van der Waals surface area contributed by atoms with Gasteiger partial charge in [0.25, 0.3) is 0 Å². The van der Waals surface area contributed by atoms with Crippen molar-refractivity contribution in [2.75, 3.05) is 11.9 Å². The molecule has 0 spiro atoms. The molecule has 0 radical (unpaired) electrons. The number of Topliss-reactive ketones (excluding diaryl/α,β-unsaturated/α-hetero) is 1. The minimum atomic E-state index is 0.0347. The van der Waals surface area contributed by atoms with Crippen LogP contribution in [0.4, 0.5) is 5.69 Å². The van der Waals surface area contributed by atoms with Crippen molar-refractivity contribution in [3.63, 3.8) is 0 Å². The third-order valence-electron chi connectivity index (χ3n) is 7.49. The van der Waals surface area contributed by atoms with E-state index in [2.05, 4.69) is 33.3 Å². The average Bonchev–Trinajstić information content (AvgIpc) is 3.61. The maximum Gasteiger partial charge on any atom is 0.227 e. The minimum Gasteiger partial charge on any atom is -0.335 e. The summed E-state index contributed by atoms with van der Waals surface area (Å²) in [5, 5.41) is 3.01. The molecule has 5 heterocycles. The van der Waals surface area contributed by atoms with Crippen molar-refractivity contribution in [2.24, 2.45) is 10.9 Å². The van der Waals surface area contributed by atoms with E-state index in [9.17, 15) is 9.59 Å². The number of hydrogen-bond acceptors (Lipinski definition) is 8. The molecular weight excluding hydrogens is 546 g/mol. The Morgan fingerprint density at radius 2 is 1.88 bits per heavy atom. The fraction of sp³-hybridized carbons (Fsp3) is 0.281. The van der Waals surface area contributed by atoms with E-state index in [0.29, 0.717) is 28.6 Å². The molecule has 0 bridgehead atoms. The number of aromatic nitrogens is 5. The van der Waals surface area contributed by atoms with Gasteiger partial charge in [-0.05, 0) is 57.4 Å². The highest BCUT2D eigenvalue weighted by molar-refractivity contribution is 7.17. The zero-order chi connectivity index (χ0) is 29.2. The lowest BCUT2D eigenvalue weighted by molar-refractivity contribution is -0.122. The summed E-state index contributed by atoms with van der Waals surface area (Å²) in [6, 6.07) is 7.76. The molecule has 1 amide bonds. The van der Waals surface area contributed by atoms with E-state index in [1.807, 2.05) is 31.3 Å². The van der Waals surface area contributed by atoms with Gasteiger partial charge in [-0.15, -0.1) is 11.3 Å². The van der Waals surface area contributed by atoms with Gasteiger partial charge < -0.3 is 10.3 Å². The van der Waals surface area contributed by atoms with E-state index >= 15 is 0 Å². The Balaban J connectivity index is 1.38. The topological polar surface area (TPSA) is 126 Å². The zero-order valence-corrected chi connectivity index (χ0v) is 24.6. The first-order valence-electron chi connectivity index (χ1n) is 14.1. The van der Waals surface area contributed by atoms with Crippen molar-refractivity contribution >= 4 is 45.5 Å². The van der Waals surface area contributed by atoms with Gasteiger partial charge >= 0.3 is 0 Å². The van der Waals surface area contributed by atoms with E-state index in [1.165, 1.54) is 11.3 Å². The molecule has 6 rings (SSSR count). The number of H-pyrrole nitrogens is 1. The van der Waals surface area contributed by atoms with Gasteiger partial charge in [-0.1, -0.05) is 13.3 Å². The largest absolute Gasteiger partial charge is 0.335 e. The predicted molar refractivity (Wildman–Crippen MR) is 166 cm³/mol. The second-order valence-corrected chi connectivity index (χ2v) is 11.6. The molecule has 1 saturated carbocycles.